The molecule has 0 aliphatic carbocycles. The molecule has 26 heavy (non-hydrogen) atoms. The lowest BCUT2D eigenvalue weighted by molar-refractivity contribution is 0.208. The van der Waals surface area contributed by atoms with Gasteiger partial charge in [0.2, 0.25) is 0 Å². The number of carbonyl (C=O) groups is 1. The molecule has 1 fully saturated rings. The van der Waals surface area contributed by atoms with Gasteiger partial charge in [0.25, 0.3) is 0 Å². The topological polar surface area (TPSA) is 35.6 Å². The van der Waals surface area contributed by atoms with Crippen LogP contribution < -0.4 is 10.2 Å². The number of anilines is 2. The fraction of sp³-hybridized carbons (Fsp3) is 0.227. The molecule has 3 aromatic carbocycles. The van der Waals surface area contributed by atoms with Crippen LogP contribution in [0, 0.1) is 6.92 Å². The van der Waals surface area contributed by atoms with Crippen LogP contribution in [0.2, 0.25) is 0 Å². The van der Waals surface area contributed by atoms with Crippen LogP contribution >= 0.6 is 0 Å². The minimum atomic E-state index is -0.0239. The van der Waals surface area contributed by atoms with Gasteiger partial charge in [-0.15, -0.1) is 0 Å². The van der Waals surface area contributed by atoms with E-state index in [1.54, 1.807) is 0 Å². The highest BCUT2D eigenvalue weighted by Gasteiger charge is 2.21. The maximum Gasteiger partial charge on any atom is 0.321 e. The van der Waals surface area contributed by atoms with Gasteiger partial charge in [0, 0.05) is 37.6 Å². The summed E-state index contributed by atoms with van der Waals surface area (Å²) < 4.78 is 0. The van der Waals surface area contributed by atoms with E-state index < -0.39 is 0 Å². The van der Waals surface area contributed by atoms with E-state index in [2.05, 4.69) is 53.5 Å². The molecule has 0 unspecified atom stereocenters. The number of urea groups is 1. The number of aryl methyl sites for hydroxylation is 1. The van der Waals surface area contributed by atoms with E-state index in [0.29, 0.717) is 0 Å². The minimum absolute atomic E-state index is 0.0239. The number of fused-ring (bicyclic) bond motifs is 1. The van der Waals surface area contributed by atoms with Crippen molar-refractivity contribution in [3.05, 3.63) is 72.3 Å². The van der Waals surface area contributed by atoms with Crippen LogP contribution in [0.4, 0.5) is 16.2 Å². The molecule has 4 heteroatoms. The van der Waals surface area contributed by atoms with Crippen LogP contribution in [0.1, 0.15) is 5.56 Å². The van der Waals surface area contributed by atoms with E-state index in [1.165, 1.54) is 16.6 Å². The summed E-state index contributed by atoms with van der Waals surface area (Å²) in [6.45, 7) is 5.28. The molecular weight excluding hydrogens is 322 g/mol. The molecule has 1 N–H and O–H groups in total. The van der Waals surface area contributed by atoms with Crippen molar-refractivity contribution in [3.63, 3.8) is 0 Å². The van der Waals surface area contributed by atoms with Crippen LogP contribution in [0.3, 0.4) is 0 Å². The van der Waals surface area contributed by atoms with Gasteiger partial charge in [-0.1, -0.05) is 42.5 Å². The molecule has 4 rings (SSSR count). The number of hydrogen-bond donors (Lipinski definition) is 1. The molecule has 1 aliphatic rings. The van der Waals surface area contributed by atoms with E-state index in [-0.39, 0.29) is 6.03 Å². The number of benzene rings is 3. The lowest BCUT2D eigenvalue weighted by atomic mass is 10.1. The number of carbonyl (C=O) groups excluding carboxylic acids is 1. The maximum absolute atomic E-state index is 12.6. The lowest BCUT2D eigenvalue weighted by Crippen LogP contribution is -2.50. The fourth-order valence-corrected chi connectivity index (χ4v) is 3.46. The van der Waals surface area contributed by atoms with Crippen LogP contribution in [0.5, 0.6) is 0 Å². The first-order valence-corrected chi connectivity index (χ1v) is 9.05. The largest absolute Gasteiger partial charge is 0.368 e. The van der Waals surface area contributed by atoms with E-state index in [0.717, 1.165) is 37.3 Å². The van der Waals surface area contributed by atoms with E-state index >= 15 is 0 Å². The van der Waals surface area contributed by atoms with Crippen LogP contribution in [0.15, 0.2) is 66.7 Å². The minimum Gasteiger partial charge on any atom is -0.368 e. The Bertz CT molecular complexity index is 929. The van der Waals surface area contributed by atoms with Crippen LogP contribution in [0.25, 0.3) is 10.8 Å². The molecule has 0 atom stereocenters. The van der Waals surface area contributed by atoms with Gasteiger partial charge in [-0.3, -0.25) is 0 Å². The Labute approximate surface area is 154 Å². The first-order valence-electron chi connectivity index (χ1n) is 9.05. The number of hydrogen-bond acceptors (Lipinski definition) is 2. The summed E-state index contributed by atoms with van der Waals surface area (Å²) in [5.41, 5.74) is 3.34. The highest BCUT2D eigenvalue weighted by atomic mass is 16.2. The van der Waals surface area contributed by atoms with Gasteiger partial charge >= 0.3 is 6.03 Å². The van der Waals surface area contributed by atoms with Gasteiger partial charge < -0.3 is 15.1 Å². The predicted molar refractivity (Wildman–Crippen MR) is 108 cm³/mol. The molecular formula is C22H23N3O. The summed E-state index contributed by atoms with van der Waals surface area (Å²) >= 11 is 0. The maximum atomic E-state index is 12.6. The molecule has 0 spiro atoms. The third-order valence-corrected chi connectivity index (χ3v) is 4.93. The van der Waals surface area contributed by atoms with Crippen molar-refractivity contribution in [1.82, 2.24) is 4.90 Å². The number of rotatable bonds is 2. The fourth-order valence-electron chi connectivity index (χ4n) is 3.46. The predicted octanol–water partition coefficient (Wildman–Crippen LogP) is 4.50. The van der Waals surface area contributed by atoms with Gasteiger partial charge in [0.05, 0.1) is 0 Å². The average Bonchev–Trinajstić information content (AvgIpc) is 2.68. The van der Waals surface area contributed by atoms with Crippen molar-refractivity contribution in [2.45, 2.75) is 6.92 Å². The Balaban J connectivity index is 1.38. The standard InChI is InChI=1S/C22H23N3O/c1-17-5-4-8-21(15-17)24-11-13-25(14-12-24)22(26)23-20-10-9-18-6-2-3-7-19(18)16-20/h2-10,15-16H,11-14H2,1H3,(H,23,26). The smallest absolute Gasteiger partial charge is 0.321 e. The average molecular weight is 345 g/mol. The molecule has 0 bridgehead atoms. The van der Waals surface area contributed by atoms with Gasteiger partial charge in [0.15, 0.2) is 0 Å². The van der Waals surface area contributed by atoms with E-state index in [1.807, 2.05) is 35.2 Å². The van der Waals surface area contributed by atoms with Crippen molar-refractivity contribution in [2.24, 2.45) is 0 Å². The second-order valence-electron chi connectivity index (χ2n) is 6.81. The van der Waals surface area contributed by atoms with Crippen molar-refractivity contribution >= 4 is 28.2 Å². The number of piperazine rings is 1. The van der Waals surface area contributed by atoms with Gasteiger partial charge in [0.1, 0.15) is 0 Å². The monoisotopic (exact) mass is 345 g/mol. The highest BCUT2D eigenvalue weighted by molar-refractivity contribution is 5.93. The van der Waals surface area contributed by atoms with Gasteiger partial charge in [-0.05, 0) is 47.5 Å². The molecule has 0 saturated carbocycles. The van der Waals surface area contributed by atoms with Gasteiger partial charge in [-0.2, -0.15) is 0 Å². The normalized spacial score (nSPS) is 14.5. The highest BCUT2D eigenvalue weighted by Crippen LogP contribution is 2.20. The Morgan fingerprint density at radius 2 is 1.62 bits per heavy atom. The second kappa shape index (κ2) is 7.08. The molecule has 132 valence electrons. The third-order valence-electron chi connectivity index (χ3n) is 4.93. The Hall–Kier alpha value is -3.01. The Morgan fingerprint density at radius 1 is 0.846 bits per heavy atom. The summed E-state index contributed by atoms with van der Waals surface area (Å²) in [6, 6.07) is 22.7. The summed E-state index contributed by atoms with van der Waals surface area (Å²) in [5, 5.41) is 5.35. The molecule has 1 saturated heterocycles. The van der Waals surface area contributed by atoms with Crippen molar-refractivity contribution in [1.29, 1.82) is 0 Å². The zero-order valence-corrected chi connectivity index (χ0v) is 15.0. The zero-order valence-electron chi connectivity index (χ0n) is 15.0. The van der Waals surface area contributed by atoms with Crippen LogP contribution in [-0.2, 0) is 0 Å². The third kappa shape index (κ3) is 3.49. The Kier molecular flexibility index (Phi) is 4.48. The molecule has 3 aromatic rings. The lowest BCUT2D eigenvalue weighted by Gasteiger charge is -2.36. The zero-order chi connectivity index (χ0) is 17.9. The molecule has 2 amide bonds. The summed E-state index contributed by atoms with van der Waals surface area (Å²) in [7, 11) is 0. The number of nitrogens with zero attached hydrogens (tertiary/aromatic N) is 2. The summed E-state index contributed by atoms with van der Waals surface area (Å²) in [6.07, 6.45) is 0. The number of amides is 2. The first-order chi connectivity index (χ1) is 12.7. The molecule has 0 aromatic heterocycles. The van der Waals surface area contributed by atoms with E-state index in [4.69, 9.17) is 0 Å². The molecule has 0 radical (unpaired) electrons. The molecule has 1 aliphatic heterocycles. The van der Waals surface area contributed by atoms with E-state index in [9.17, 15) is 4.79 Å². The number of nitrogens with one attached hydrogen (secondary N) is 1. The van der Waals surface area contributed by atoms with Crippen molar-refractivity contribution < 1.29 is 4.79 Å². The summed E-state index contributed by atoms with van der Waals surface area (Å²) in [5.74, 6) is 0. The molecule has 1 heterocycles. The second-order valence-corrected chi connectivity index (χ2v) is 6.81. The van der Waals surface area contributed by atoms with Gasteiger partial charge in [-0.25, -0.2) is 4.79 Å². The quantitative estimate of drug-likeness (QED) is 0.742. The van der Waals surface area contributed by atoms with Crippen molar-refractivity contribution in [2.75, 3.05) is 36.4 Å². The Morgan fingerprint density at radius 3 is 2.38 bits per heavy atom. The SMILES string of the molecule is Cc1cccc(N2CCN(C(=O)Nc3ccc4ccccc4c3)CC2)c1. The van der Waals surface area contributed by atoms with Crippen molar-refractivity contribution in [3.8, 4) is 0 Å². The van der Waals surface area contributed by atoms with Crippen LogP contribution in [-0.4, -0.2) is 37.1 Å². The molecule has 4 nitrogen and oxygen atoms in total. The first kappa shape index (κ1) is 16.5. The summed E-state index contributed by atoms with van der Waals surface area (Å²) in [4.78, 5) is 16.8.